The van der Waals surface area contributed by atoms with Crippen LogP contribution < -0.4 is 5.32 Å². The van der Waals surface area contributed by atoms with Gasteiger partial charge in [-0.2, -0.15) is 0 Å². The van der Waals surface area contributed by atoms with Crippen LogP contribution in [0.25, 0.3) is 0 Å². The van der Waals surface area contributed by atoms with Crippen molar-refractivity contribution in [3.63, 3.8) is 0 Å². The van der Waals surface area contributed by atoms with Crippen LogP contribution in [-0.2, 0) is 10.4 Å². The summed E-state index contributed by atoms with van der Waals surface area (Å²) >= 11 is 3.17. The van der Waals surface area contributed by atoms with Gasteiger partial charge in [0.15, 0.2) is 0 Å². The quantitative estimate of drug-likeness (QED) is 0.623. The first-order valence-corrected chi connectivity index (χ1v) is 5.19. The summed E-state index contributed by atoms with van der Waals surface area (Å²) in [5, 5.41) is 23.0. The number of carbonyl (C=O) groups is 1. The van der Waals surface area contributed by atoms with Crippen molar-refractivity contribution in [3.8, 4) is 0 Å². The maximum atomic E-state index is 11.6. The first-order valence-electron chi connectivity index (χ1n) is 4.40. The van der Waals surface area contributed by atoms with Crippen molar-refractivity contribution in [2.45, 2.75) is 5.60 Å². The van der Waals surface area contributed by atoms with Crippen molar-refractivity contribution in [1.29, 1.82) is 0 Å². The molecule has 0 unspecified atom stereocenters. The molecule has 1 aromatic rings. The molecule has 1 atom stereocenters. The second-order valence-corrected chi connectivity index (χ2v) is 4.32. The highest BCUT2D eigenvalue weighted by Gasteiger charge is 2.50. The lowest BCUT2D eigenvalue weighted by molar-refractivity contribution is -0.498. The number of hydrogen-bond donors (Lipinski definition) is 2. The van der Waals surface area contributed by atoms with Gasteiger partial charge in [0.25, 0.3) is 5.91 Å². The zero-order chi connectivity index (χ0) is 11.9. The van der Waals surface area contributed by atoms with E-state index in [9.17, 15) is 20.0 Å². The average molecular weight is 287 g/mol. The van der Waals surface area contributed by atoms with E-state index in [0.717, 1.165) is 0 Å². The Morgan fingerprint density at radius 1 is 1.56 bits per heavy atom. The summed E-state index contributed by atoms with van der Waals surface area (Å²) in [6.07, 6.45) is 0. The SMILES string of the molecule is O=C1Nc2cccc(Br)c2[C@@]1(O)C[N+](=O)[O-]. The first-order chi connectivity index (χ1) is 7.45. The van der Waals surface area contributed by atoms with Gasteiger partial charge in [0.05, 0.1) is 0 Å². The highest BCUT2D eigenvalue weighted by atomic mass is 79.9. The number of nitro groups is 1. The topological polar surface area (TPSA) is 92.5 Å². The lowest BCUT2D eigenvalue weighted by Crippen LogP contribution is -2.41. The van der Waals surface area contributed by atoms with Gasteiger partial charge in [-0.3, -0.25) is 14.9 Å². The summed E-state index contributed by atoms with van der Waals surface area (Å²) in [6.45, 7) is -0.853. The van der Waals surface area contributed by atoms with E-state index in [-0.39, 0.29) is 5.56 Å². The number of aliphatic hydroxyl groups is 1. The molecule has 16 heavy (non-hydrogen) atoms. The van der Waals surface area contributed by atoms with Crippen LogP contribution in [0.5, 0.6) is 0 Å². The van der Waals surface area contributed by atoms with E-state index >= 15 is 0 Å². The number of carbonyl (C=O) groups excluding carboxylic acids is 1. The Balaban J connectivity index is 2.58. The van der Waals surface area contributed by atoms with Gasteiger partial charge in [-0.25, -0.2) is 0 Å². The van der Waals surface area contributed by atoms with Crippen LogP contribution in [0.3, 0.4) is 0 Å². The van der Waals surface area contributed by atoms with Crippen LogP contribution in [0.4, 0.5) is 5.69 Å². The number of anilines is 1. The highest BCUT2D eigenvalue weighted by molar-refractivity contribution is 9.10. The van der Waals surface area contributed by atoms with Crippen molar-refractivity contribution in [1.82, 2.24) is 0 Å². The van der Waals surface area contributed by atoms with E-state index in [1.807, 2.05) is 0 Å². The van der Waals surface area contributed by atoms with Crippen molar-refractivity contribution >= 4 is 27.5 Å². The molecule has 0 aliphatic carbocycles. The summed E-state index contributed by atoms with van der Waals surface area (Å²) in [7, 11) is 0. The zero-order valence-corrected chi connectivity index (χ0v) is 9.52. The number of amides is 1. The summed E-state index contributed by atoms with van der Waals surface area (Å²) in [5.41, 5.74) is -1.49. The van der Waals surface area contributed by atoms with Crippen LogP contribution in [0.1, 0.15) is 5.56 Å². The number of nitrogens with one attached hydrogen (secondary N) is 1. The monoisotopic (exact) mass is 286 g/mol. The standard InChI is InChI=1S/C9H7BrN2O4/c10-5-2-1-3-6-7(5)9(14,4-12(15)16)8(13)11-6/h1-3,14H,4H2,(H,11,13)/t9-/m0/s1. The minimum absolute atomic E-state index is 0.219. The van der Waals surface area contributed by atoms with Crippen LogP contribution >= 0.6 is 15.9 Å². The van der Waals surface area contributed by atoms with Gasteiger partial charge in [-0.1, -0.05) is 22.0 Å². The average Bonchev–Trinajstić information content (AvgIpc) is 2.39. The minimum atomic E-state index is -2.10. The van der Waals surface area contributed by atoms with Crippen LogP contribution in [0, 0.1) is 10.1 Å². The van der Waals surface area contributed by atoms with Crippen molar-refractivity contribution in [2.75, 3.05) is 11.9 Å². The Morgan fingerprint density at radius 3 is 2.88 bits per heavy atom. The molecule has 6 nitrogen and oxygen atoms in total. The second kappa shape index (κ2) is 3.53. The number of halogens is 1. The normalized spacial score (nSPS) is 22.8. The molecule has 0 saturated heterocycles. The number of hydrogen-bond acceptors (Lipinski definition) is 4. The second-order valence-electron chi connectivity index (χ2n) is 3.47. The lowest BCUT2D eigenvalue weighted by atomic mass is 9.96. The van der Waals surface area contributed by atoms with Gasteiger partial charge in [-0.05, 0) is 12.1 Å². The maximum Gasteiger partial charge on any atom is 0.268 e. The maximum absolute atomic E-state index is 11.6. The van der Waals surface area contributed by atoms with Crippen molar-refractivity contribution in [3.05, 3.63) is 38.3 Å². The predicted molar refractivity (Wildman–Crippen MR) is 58.5 cm³/mol. The lowest BCUT2D eigenvalue weighted by Gasteiger charge is -2.16. The zero-order valence-electron chi connectivity index (χ0n) is 7.94. The molecule has 7 heteroatoms. The summed E-state index contributed by atoms with van der Waals surface area (Å²) < 4.78 is 0.465. The number of rotatable bonds is 2. The third kappa shape index (κ3) is 1.48. The number of nitrogens with zero attached hydrogens (tertiary/aromatic N) is 1. The van der Waals surface area contributed by atoms with Crippen LogP contribution in [0.15, 0.2) is 22.7 Å². The summed E-state index contributed by atoms with van der Waals surface area (Å²) in [4.78, 5) is 21.3. The Kier molecular flexibility index (Phi) is 2.43. The van der Waals surface area contributed by atoms with E-state index in [1.54, 1.807) is 18.2 Å². The molecule has 0 aromatic heterocycles. The van der Waals surface area contributed by atoms with Gasteiger partial charge in [0, 0.05) is 20.6 Å². The molecular weight excluding hydrogens is 280 g/mol. The molecule has 1 aromatic carbocycles. The molecule has 2 N–H and O–H groups in total. The minimum Gasteiger partial charge on any atom is -0.370 e. The fourth-order valence-corrected chi connectivity index (χ4v) is 2.42. The fraction of sp³-hybridized carbons (Fsp3) is 0.222. The molecule has 0 saturated carbocycles. The summed E-state index contributed by atoms with van der Waals surface area (Å²) in [5.74, 6) is -0.772. The molecular formula is C9H7BrN2O4. The van der Waals surface area contributed by atoms with E-state index in [4.69, 9.17) is 0 Å². The molecule has 0 radical (unpaired) electrons. The molecule has 1 amide bonds. The summed E-state index contributed by atoms with van der Waals surface area (Å²) in [6, 6.07) is 4.86. The predicted octanol–water partition coefficient (Wildman–Crippen LogP) is 0.865. The van der Waals surface area contributed by atoms with Crippen LogP contribution in [0.2, 0.25) is 0 Å². The Bertz CT molecular complexity index is 490. The molecule has 2 rings (SSSR count). The van der Waals surface area contributed by atoms with Gasteiger partial charge < -0.3 is 10.4 Å². The highest BCUT2D eigenvalue weighted by Crippen LogP contribution is 2.40. The first kappa shape index (κ1) is 11.0. The largest absolute Gasteiger partial charge is 0.370 e. The smallest absolute Gasteiger partial charge is 0.268 e. The fourth-order valence-electron chi connectivity index (χ4n) is 1.73. The Hall–Kier alpha value is -1.47. The van der Waals surface area contributed by atoms with Gasteiger partial charge in [0.1, 0.15) is 0 Å². The molecule has 0 bridgehead atoms. The molecule has 84 valence electrons. The van der Waals surface area contributed by atoms with Gasteiger partial charge >= 0.3 is 0 Å². The Labute approximate surface area is 98.5 Å². The molecule has 0 fully saturated rings. The third-order valence-electron chi connectivity index (χ3n) is 2.41. The number of fused-ring (bicyclic) bond motifs is 1. The van der Waals surface area contributed by atoms with E-state index in [0.29, 0.717) is 10.2 Å². The third-order valence-corrected chi connectivity index (χ3v) is 3.07. The van der Waals surface area contributed by atoms with E-state index < -0.39 is 23.0 Å². The molecule has 1 aliphatic heterocycles. The Morgan fingerprint density at radius 2 is 2.25 bits per heavy atom. The van der Waals surface area contributed by atoms with Gasteiger partial charge in [-0.15, -0.1) is 0 Å². The van der Waals surface area contributed by atoms with E-state index in [1.165, 1.54) is 0 Å². The molecule has 1 heterocycles. The molecule has 0 spiro atoms. The van der Waals surface area contributed by atoms with Crippen molar-refractivity contribution < 1.29 is 14.8 Å². The molecule has 1 aliphatic rings. The van der Waals surface area contributed by atoms with Crippen LogP contribution in [-0.4, -0.2) is 22.5 Å². The van der Waals surface area contributed by atoms with Crippen molar-refractivity contribution in [2.24, 2.45) is 0 Å². The van der Waals surface area contributed by atoms with E-state index in [2.05, 4.69) is 21.2 Å². The van der Waals surface area contributed by atoms with Gasteiger partial charge in [0.2, 0.25) is 12.1 Å². The number of benzene rings is 1.